The van der Waals surface area contributed by atoms with Crippen molar-refractivity contribution in [1.29, 1.82) is 0 Å². The number of anilines is 1. The number of aryl methyl sites for hydroxylation is 1. The summed E-state index contributed by atoms with van der Waals surface area (Å²) in [5, 5.41) is 0. The predicted octanol–water partition coefficient (Wildman–Crippen LogP) is 2.56. The predicted molar refractivity (Wildman–Crippen MR) is 92.3 cm³/mol. The zero-order chi connectivity index (χ0) is 18.8. The Hall–Kier alpha value is -3.22. The minimum absolute atomic E-state index is 0.0374. The summed E-state index contributed by atoms with van der Waals surface area (Å²) >= 11 is 0. The molecule has 1 heterocycles. The number of carbonyl (C=O) groups excluding carboxylic acids is 3. The highest BCUT2D eigenvalue weighted by Gasteiger charge is 2.34. The van der Waals surface area contributed by atoms with Gasteiger partial charge in [0.15, 0.2) is 0 Å². The van der Waals surface area contributed by atoms with Crippen molar-refractivity contribution < 1.29 is 23.5 Å². The van der Waals surface area contributed by atoms with Gasteiger partial charge in [0.2, 0.25) is 0 Å². The third kappa shape index (κ3) is 3.03. The van der Waals surface area contributed by atoms with Crippen molar-refractivity contribution in [2.75, 3.05) is 18.9 Å². The lowest BCUT2D eigenvalue weighted by molar-refractivity contribution is 0.0479. The van der Waals surface area contributed by atoms with Gasteiger partial charge >= 0.3 is 5.97 Å². The number of nitrogens with zero attached hydrogens (tertiary/aromatic N) is 1. The molecule has 0 aliphatic carbocycles. The summed E-state index contributed by atoms with van der Waals surface area (Å²) in [6.45, 7) is 1.69. The summed E-state index contributed by atoms with van der Waals surface area (Å²) in [5.41, 5.74) is 6.78. The third-order valence-corrected chi connectivity index (χ3v) is 4.25. The minimum Gasteiger partial charge on any atom is -0.462 e. The highest BCUT2D eigenvalue weighted by Crippen LogP contribution is 2.23. The first-order chi connectivity index (χ1) is 12.4. The number of ether oxygens (including phenoxy) is 1. The second-order valence-electron chi connectivity index (χ2n) is 5.95. The van der Waals surface area contributed by atoms with Crippen molar-refractivity contribution in [3.63, 3.8) is 0 Å². The molecule has 0 aromatic heterocycles. The second-order valence-corrected chi connectivity index (χ2v) is 5.95. The van der Waals surface area contributed by atoms with E-state index in [4.69, 9.17) is 10.5 Å². The van der Waals surface area contributed by atoms with E-state index in [0.717, 1.165) is 11.0 Å². The normalized spacial score (nSPS) is 13.1. The van der Waals surface area contributed by atoms with Gasteiger partial charge in [0.1, 0.15) is 11.4 Å². The van der Waals surface area contributed by atoms with Crippen LogP contribution in [0, 0.1) is 12.7 Å². The number of hydrogen-bond acceptors (Lipinski definition) is 5. The molecule has 0 fully saturated rings. The van der Waals surface area contributed by atoms with E-state index in [2.05, 4.69) is 0 Å². The van der Waals surface area contributed by atoms with Crippen LogP contribution in [0.15, 0.2) is 36.4 Å². The zero-order valence-corrected chi connectivity index (χ0v) is 14.1. The van der Waals surface area contributed by atoms with Crippen LogP contribution in [-0.4, -0.2) is 35.8 Å². The molecule has 134 valence electrons. The molecule has 1 aliphatic rings. The SMILES string of the molecule is Cc1ccc(F)c(C(=O)OCCCN2C(=O)c3ccccc3C2=O)c1N. The fourth-order valence-corrected chi connectivity index (χ4v) is 2.81. The molecule has 2 N–H and O–H groups in total. The van der Waals surface area contributed by atoms with Crippen molar-refractivity contribution in [3.8, 4) is 0 Å². The topological polar surface area (TPSA) is 89.7 Å². The maximum absolute atomic E-state index is 13.8. The summed E-state index contributed by atoms with van der Waals surface area (Å²) in [4.78, 5) is 37.6. The Balaban J connectivity index is 1.57. The molecule has 7 heteroatoms. The largest absolute Gasteiger partial charge is 0.462 e. The van der Waals surface area contributed by atoms with Gasteiger partial charge in [-0.3, -0.25) is 14.5 Å². The van der Waals surface area contributed by atoms with Gasteiger partial charge in [0.05, 0.1) is 23.4 Å². The molecule has 2 aromatic carbocycles. The molecule has 0 saturated heterocycles. The van der Waals surface area contributed by atoms with Crippen LogP contribution in [0.3, 0.4) is 0 Å². The quantitative estimate of drug-likeness (QED) is 0.385. The summed E-state index contributed by atoms with van der Waals surface area (Å²) < 4.78 is 18.9. The van der Waals surface area contributed by atoms with Crippen molar-refractivity contribution >= 4 is 23.5 Å². The van der Waals surface area contributed by atoms with E-state index < -0.39 is 11.8 Å². The first-order valence-corrected chi connectivity index (χ1v) is 8.08. The Morgan fingerprint density at radius 3 is 2.35 bits per heavy atom. The average molecular weight is 356 g/mol. The number of nitrogen functional groups attached to an aromatic ring is 1. The zero-order valence-electron chi connectivity index (χ0n) is 14.1. The highest BCUT2D eigenvalue weighted by atomic mass is 19.1. The minimum atomic E-state index is -0.869. The van der Waals surface area contributed by atoms with Gasteiger partial charge in [-0.1, -0.05) is 18.2 Å². The smallest absolute Gasteiger partial charge is 0.343 e. The van der Waals surface area contributed by atoms with Crippen LogP contribution in [0.1, 0.15) is 43.1 Å². The van der Waals surface area contributed by atoms with Crippen LogP contribution in [0.2, 0.25) is 0 Å². The fraction of sp³-hybridized carbons (Fsp3) is 0.211. The Labute approximate surface area is 149 Å². The molecule has 2 aromatic rings. The first-order valence-electron chi connectivity index (χ1n) is 8.08. The van der Waals surface area contributed by atoms with E-state index in [0.29, 0.717) is 16.7 Å². The van der Waals surface area contributed by atoms with Crippen LogP contribution in [-0.2, 0) is 4.74 Å². The molecule has 0 bridgehead atoms. The van der Waals surface area contributed by atoms with E-state index in [9.17, 15) is 18.8 Å². The molecule has 0 saturated carbocycles. The van der Waals surface area contributed by atoms with Crippen LogP contribution in [0.25, 0.3) is 0 Å². The molecule has 6 nitrogen and oxygen atoms in total. The molecule has 1 aliphatic heterocycles. The molecule has 2 amide bonds. The number of rotatable bonds is 5. The number of amides is 2. The maximum Gasteiger partial charge on any atom is 0.343 e. The van der Waals surface area contributed by atoms with E-state index in [1.54, 1.807) is 31.2 Å². The van der Waals surface area contributed by atoms with E-state index in [1.165, 1.54) is 6.07 Å². The number of imide groups is 1. The lowest BCUT2D eigenvalue weighted by Crippen LogP contribution is -2.31. The third-order valence-electron chi connectivity index (χ3n) is 4.25. The number of carbonyl (C=O) groups is 3. The van der Waals surface area contributed by atoms with Gasteiger partial charge in [0.25, 0.3) is 11.8 Å². The van der Waals surface area contributed by atoms with Gasteiger partial charge in [-0.2, -0.15) is 0 Å². The molecule has 0 spiro atoms. The van der Waals surface area contributed by atoms with Crippen LogP contribution < -0.4 is 5.73 Å². The molecular formula is C19H17FN2O4. The van der Waals surface area contributed by atoms with E-state index in [-0.39, 0.29) is 42.6 Å². The molecular weight excluding hydrogens is 339 g/mol. The summed E-state index contributed by atoms with van der Waals surface area (Å²) in [6, 6.07) is 9.20. The second kappa shape index (κ2) is 6.95. The summed E-state index contributed by atoms with van der Waals surface area (Å²) in [5.74, 6) is -2.36. The summed E-state index contributed by atoms with van der Waals surface area (Å²) in [7, 11) is 0. The Kier molecular flexibility index (Phi) is 4.71. The van der Waals surface area contributed by atoms with Crippen LogP contribution in [0.5, 0.6) is 0 Å². The maximum atomic E-state index is 13.8. The number of fused-ring (bicyclic) bond motifs is 1. The number of halogens is 1. The van der Waals surface area contributed by atoms with Gasteiger partial charge in [0, 0.05) is 6.54 Å². The van der Waals surface area contributed by atoms with E-state index in [1.807, 2.05) is 0 Å². The Morgan fingerprint density at radius 1 is 1.12 bits per heavy atom. The van der Waals surface area contributed by atoms with Gasteiger partial charge in [-0.15, -0.1) is 0 Å². The van der Waals surface area contributed by atoms with Crippen molar-refractivity contribution in [3.05, 3.63) is 64.5 Å². The number of nitrogens with two attached hydrogens (primary N) is 1. The standard InChI is InChI=1S/C19H17FN2O4/c1-11-7-8-14(20)15(16(11)21)19(25)26-10-4-9-22-17(23)12-5-2-3-6-13(12)18(22)24/h2-3,5-8H,4,9-10,21H2,1H3. The highest BCUT2D eigenvalue weighted by molar-refractivity contribution is 6.21. The fourth-order valence-electron chi connectivity index (χ4n) is 2.81. The van der Waals surface area contributed by atoms with Crippen molar-refractivity contribution in [1.82, 2.24) is 4.90 Å². The molecule has 0 radical (unpaired) electrons. The molecule has 3 rings (SSSR count). The van der Waals surface area contributed by atoms with Gasteiger partial charge in [-0.25, -0.2) is 9.18 Å². The number of hydrogen-bond donors (Lipinski definition) is 1. The van der Waals surface area contributed by atoms with E-state index >= 15 is 0 Å². The van der Waals surface area contributed by atoms with Crippen LogP contribution in [0.4, 0.5) is 10.1 Å². The molecule has 0 unspecified atom stereocenters. The van der Waals surface area contributed by atoms with Crippen molar-refractivity contribution in [2.45, 2.75) is 13.3 Å². The number of esters is 1. The monoisotopic (exact) mass is 356 g/mol. The van der Waals surface area contributed by atoms with Crippen LogP contribution >= 0.6 is 0 Å². The molecule has 26 heavy (non-hydrogen) atoms. The number of benzene rings is 2. The first kappa shape index (κ1) is 17.6. The summed E-state index contributed by atoms with van der Waals surface area (Å²) in [6.07, 6.45) is 0.241. The van der Waals surface area contributed by atoms with Gasteiger partial charge in [-0.05, 0) is 37.1 Å². The Bertz CT molecular complexity index is 875. The average Bonchev–Trinajstić information content (AvgIpc) is 2.87. The molecule has 0 atom stereocenters. The van der Waals surface area contributed by atoms with Crippen molar-refractivity contribution in [2.24, 2.45) is 0 Å². The lowest BCUT2D eigenvalue weighted by Gasteiger charge is -2.14. The lowest BCUT2D eigenvalue weighted by atomic mass is 10.1. The Morgan fingerprint density at radius 2 is 1.73 bits per heavy atom. The van der Waals surface area contributed by atoms with Gasteiger partial charge < -0.3 is 10.5 Å².